The van der Waals surface area contributed by atoms with Crippen LogP contribution in [0.2, 0.25) is 5.15 Å². The summed E-state index contributed by atoms with van der Waals surface area (Å²) in [6.07, 6.45) is -2.84. The van der Waals surface area contributed by atoms with Crippen LogP contribution in [-0.2, 0) is 0 Å². The fourth-order valence-corrected chi connectivity index (χ4v) is 1.17. The van der Waals surface area contributed by atoms with E-state index < -0.39 is 23.0 Å². The van der Waals surface area contributed by atoms with E-state index in [1.165, 1.54) is 0 Å². The van der Waals surface area contributed by atoms with Crippen molar-refractivity contribution in [3.63, 3.8) is 0 Å². The molecule has 1 amide bonds. The molecule has 1 rings (SSSR count). The maximum atomic E-state index is 12.3. The molecule has 0 fully saturated rings. The molecule has 0 aliphatic heterocycles. The zero-order valence-corrected chi connectivity index (χ0v) is 7.55. The van der Waals surface area contributed by atoms with Gasteiger partial charge in [0.25, 0.3) is 12.3 Å². The smallest absolute Gasteiger partial charge is 0.268 e. The largest absolute Gasteiger partial charge is 0.398 e. The summed E-state index contributed by atoms with van der Waals surface area (Å²) in [5.41, 5.74) is 9.00. The molecule has 0 bridgehead atoms. The minimum Gasteiger partial charge on any atom is -0.398 e. The van der Waals surface area contributed by atoms with Crippen LogP contribution in [0.25, 0.3) is 0 Å². The Bertz CT molecular complexity index is 360. The van der Waals surface area contributed by atoms with Crippen LogP contribution in [0.15, 0.2) is 6.07 Å². The van der Waals surface area contributed by atoms with Gasteiger partial charge in [-0.25, -0.2) is 13.8 Å². The molecule has 0 atom stereocenters. The molecule has 4 N–H and O–H groups in total. The Labute approximate surface area is 82.9 Å². The summed E-state index contributed by atoms with van der Waals surface area (Å²) in [5, 5.41) is -0.506. The van der Waals surface area contributed by atoms with Gasteiger partial charge < -0.3 is 11.5 Å². The van der Waals surface area contributed by atoms with Crippen molar-refractivity contribution >= 4 is 23.2 Å². The van der Waals surface area contributed by atoms with E-state index in [0.29, 0.717) is 0 Å². The van der Waals surface area contributed by atoms with E-state index in [4.69, 9.17) is 23.1 Å². The van der Waals surface area contributed by atoms with E-state index in [0.717, 1.165) is 6.07 Å². The Morgan fingerprint density at radius 3 is 2.50 bits per heavy atom. The molecule has 1 aromatic heterocycles. The predicted octanol–water partition coefficient (Wildman–Crippen LogP) is 1.35. The molecule has 0 spiro atoms. The fraction of sp³-hybridized carbons (Fsp3) is 0.143. The summed E-state index contributed by atoms with van der Waals surface area (Å²) in [5.74, 6) is -0.876. The summed E-state index contributed by atoms with van der Waals surface area (Å²) in [4.78, 5) is 14.0. The number of nitrogen functional groups attached to an aromatic ring is 1. The number of nitrogens with zero attached hydrogens (tertiary/aromatic N) is 1. The third-order valence-corrected chi connectivity index (χ3v) is 1.80. The van der Waals surface area contributed by atoms with E-state index >= 15 is 0 Å². The van der Waals surface area contributed by atoms with E-state index in [1.807, 2.05) is 0 Å². The lowest BCUT2D eigenvalue weighted by atomic mass is 10.2. The second kappa shape index (κ2) is 3.75. The molecule has 1 aromatic rings. The number of carbonyl (C=O) groups is 1. The van der Waals surface area contributed by atoms with Gasteiger partial charge in [-0.1, -0.05) is 11.6 Å². The van der Waals surface area contributed by atoms with Crippen molar-refractivity contribution in [1.82, 2.24) is 4.98 Å². The molecule has 0 radical (unpaired) electrons. The number of alkyl halides is 2. The van der Waals surface area contributed by atoms with Crippen LogP contribution in [0.3, 0.4) is 0 Å². The molecule has 4 nitrogen and oxygen atoms in total. The first-order valence-corrected chi connectivity index (χ1v) is 3.85. The summed E-state index contributed by atoms with van der Waals surface area (Å²) < 4.78 is 24.6. The standard InChI is InChI=1S/C7H6ClF2N3O/c8-5-4(6(9)10)2(11)1-3(13-5)7(12)14/h1,6H,(H2,11,13)(H2,12,14). The van der Waals surface area contributed by atoms with Crippen LogP contribution in [-0.4, -0.2) is 10.9 Å². The number of pyridine rings is 1. The minimum absolute atomic E-state index is 0.239. The van der Waals surface area contributed by atoms with Crippen LogP contribution in [0.4, 0.5) is 14.5 Å². The molecule has 0 aromatic carbocycles. The van der Waals surface area contributed by atoms with E-state index in [1.54, 1.807) is 0 Å². The molecule has 14 heavy (non-hydrogen) atoms. The Hall–Kier alpha value is -1.43. The van der Waals surface area contributed by atoms with Gasteiger partial charge in [0, 0.05) is 5.69 Å². The number of hydrogen-bond acceptors (Lipinski definition) is 3. The Morgan fingerprint density at radius 2 is 2.14 bits per heavy atom. The van der Waals surface area contributed by atoms with Gasteiger partial charge >= 0.3 is 0 Å². The number of primary amides is 1. The molecular formula is C7H6ClF2N3O. The predicted molar refractivity (Wildman–Crippen MR) is 47.1 cm³/mol. The lowest BCUT2D eigenvalue weighted by molar-refractivity contribution is 0.0995. The number of anilines is 1. The molecule has 76 valence electrons. The second-order valence-corrected chi connectivity index (χ2v) is 2.82. The first-order chi connectivity index (χ1) is 6.43. The van der Waals surface area contributed by atoms with Gasteiger partial charge in [0.15, 0.2) is 0 Å². The maximum Gasteiger partial charge on any atom is 0.268 e. The van der Waals surface area contributed by atoms with Crippen molar-refractivity contribution in [2.45, 2.75) is 6.43 Å². The van der Waals surface area contributed by atoms with Gasteiger partial charge in [-0.15, -0.1) is 0 Å². The molecular weight excluding hydrogens is 216 g/mol. The molecule has 0 aliphatic rings. The topological polar surface area (TPSA) is 82.0 Å². The van der Waals surface area contributed by atoms with Gasteiger partial charge in [-0.3, -0.25) is 4.79 Å². The molecule has 0 saturated heterocycles. The van der Waals surface area contributed by atoms with Crippen LogP contribution in [0, 0.1) is 0 Å². The summed E-state index contributed by atoms with van der Waals surface area (Å²) in [6, 6.07) is 0.968. The van der Waals surface area contributed by atoms with E-state index in [-0.39, 0.29) is 11.4 Å². The zero-order valence-electron chi connectivity index (χ0n) is 6.80. The molecule has 0 unspecified atom stereocenters. The molecule has 0 aliphatic carbocycles. The van der Waals surface area contributed by atoms with Crippen molar-refractivity contribution in [1.29, 1.82) is 0 Å². The van der Waals surface area contributed by atoms with Crippen molar-refractivity contribution in [2.75, 3.05) is 5.73 Å². The Morgan fingerprint density at radius 1 is 1.57 bits per heavy atom. The number of nitrogens with two attached hydrogens (primary N) is 2. The van der Waals surface area contributed by atoms with E-state index in [9.17, 15) is 13.6 Å². The van der Waals surface area contributed by atoms with Crippen molar-refractivity contribution in [3.05, 3.63) is 22.5 Å². The highest BCUT2D eigenvalue weighted by Crippen LogP contribution is 2.30. The number of halogens is 3. The molecule has 0 saturated carbocycles. The van der Waals surface area contributed by atoms with Crippen LogP contribution >= 0.6 is 11.6 Å². The number of rotatable bonds is 2. The molecule has 1 heterocycles. The van der Waals surface area contributed by atoms with Gasteiger partial charge in [-0.05, 0) is 6.07 Å². The van der Waals surface area contributed by atoms with Gasteiger partial charge in [-0.2, -0.15) is 0 Å². The Balaban J connectivity index is 3.32. The normalized spacial score (nSPS) is 10.6. The minimum atomic E-state index is -2.84. The summed E-state index contributed by atoms with van der Waals surface area (Å²) >= 11 is 5.39. The summed E-state index contributed by atoms with van der Waals surface area (Å²) in [6.45, 7) is 0. The zero-order chi connectivity index (χ0) is 10.9. The number of hydrogen-bond donors (Lipinski definition) is 2. The quantitative estimate of drug-likeness (QED) is 0.740. The SMILES string of the molecule is NC(=O)c1cc(N)c(C(F)F)c(Cl)n1. The average Bonchev–Trinajstić information content (AvgIpc) is 2.01. The van der Waals surface area contributed by atoms with Crippen molar-refractivity contribution < 1.29 is 13.6 Å². The van der Waals surface area contributed by atoms with Crippen molar-refractivity contribution in [3.8, 4) is 0 Å². The Kier molecular flexibility index (Phi) is 2.85. The van der Waals surface area contributed by atoms with Crippen LogP contribution in [0.1, 0.15) is 22.5 Å². The average molecular weight is 222 g/mol. The van der Waals surface area contributed by atoms with Gasteiger partial charge in [0.1, 0.15) is 10.8 Å². The number of amides is 1. The lowest BCUT2D eigenvalue weighted by Crippen LogP contribution is -2.14. The highest BCUT2D eigenvalue weighted by atomic mass is 35.5. The van der Waals surface area contributed by atoms with E-state index in [2.05, 4.69) is 4.98 Å². The van der Waals surface area contributed by atoms with Crippen molar-refractivity contribution in [2.24, 2.45) is 5.73 Å². The fourth-order valence-electron chi connectivity index (χ4n) is 0.885. The first-order valence-electron chi connectivity index (χ1n) is 3.47. The highest BCUT2D eigenvalue weighted by molar-refractivity contribution is 6.30. The van der Waals surface area contributed by atoms with Gasteiger partial charge in [0.2, 0.25) is 0 Å². The summed E-state index contributed by atoms with van der Waals surface area (Å²) in [7, 11) is 0. The monoisotopic (exact) mass is 221 g/mol. The highest BCUT2D eigenvalue weighted by Gasteiger charge is 2.19. The maximum absolute atomic E-state index is 12.3. The third kappa shape index (κ3) is 1.90. The van der Waals surface area contributed by atoms with Crippen LogP contribution < -0.4 is 11.5 Å². The van der Waals surface area contributed by atoms with Gasteiger partial charge in [0.05, 0.1) is 5.56 Å². The number of aromatic nitrogens is 1. The second-order valence-electron chi connectivity index (χ2n) is 2.47. The third-order valence-electron chi connectivity index (χ3n) is 1.51. The lowest BCUT2D eigenvalue weighted by Gasteiger charge is -2.07. The van der Waals surface area contributed by atoms with Crippen LogP contribution in [0.5, 0.6) is 0 Å². The molecule has 7 heteroatoms. The number of carbonyl (C=O) groups excluding carboxylic acids is 1. The first kappa shape index (κ1) is 10.6.